The minimum absolute atomic E-state index is 0.0979. The maximum atomic E-state index is 13.7. The first-order valence-corrected chi connectivity index (χ1v) is 12.7. The van der Waals surface area contributed by atoms with Crippen LogP contribution in [0, 0.1) is 20.8 Å². The Morgan fingerprint density at radius 1 is 1.26 bits per heavy atom. The number of amides is 1. The van der Waals surface area contributed by atoms with Crippen LogP contribution in [0.3, 0.4) is 0 Å². The van der Waals surface area contributed by atoms with Gasteiger partial charge in [-0.3, -0.25) is 18.8 Å². The van der Waals surface area contributed by atoms with Crippen LogP contribution in [0.2, 0.25) is 0 Å². The highest BCUT2D eigenvalue weighted by molar-refractivity contribution is 7.99. The van der Waals surface area contributed by atoms with Gasteiger partial charge in [0.2, 0.25) is 5.91 Å². The molecule has 10 heteroatoms. The number of aromatic nitrogens is 4. The van der Waals surface area contributed by atoms with Gasteiger partial charge in [0.1, 0.15) is 10.6 Å². The lowest BCUT2D eigenvalue weighted by Crippen LogP contribution is -2.23. The van der Waals surface area contributed by atoms with Gasteiger partial charge in [0, 0.05) is 18.0 Å². The molecule has 0 saturated carbocycles. The van der Waals surface area contributed by atoms with Crippen molar-refractivity contribution in [3.63, 3.8) is 0 Å². The Kier molecular flexibility index (Phi) is 6.81. The Bertz CT molecular complexity index is 1450. The summed E-state index contributed by atoms with van der Waals surface area (Å²) in [6, 6.07) is 7.29. The number of fused-ring (bicyclic) bond motifs is 1. The van der Waals surface area contributed by atoms with Crippen LogP contribution in [-0.4, -0.2) is 38.1 Å². The van der Waals surface area contributed by atoms with Crippen molar-refractivity contribution in [1.82, 2.24) is 19.3 Å². The lowest BCUT2D eigenvalue weighted by atomic mass is 10.2. The maximum Gasteiger partial charge on any atom is 0.267 e. The fraction of sp³-hybridized carbons (Fsp3) is 0.333. The van der Waals surface area contributed by atoms with Crippen LogP contribution in [-0.2, 0) is 18.3 Å². The smallest absolute Gasteiger partial charge is 0.267 e. The first kappa shape index (κ1) is 24.0. The van der Waals surface area contributed by atoms with Gasteiger partial charge in [-0.1, -0.05) is 24.8 Å². The zero-order valence-electron chi connectivity index (χ0n) is 20.1. The normalized spacial score (nSPS) is 11.2. The highest BCUT2D eigenvalue weighted by atomic mass is 32.2. The summed E-state index contributed by atoms with van der Waals surface area (Å²) < 4.78 is 8.67. The van der Waals surface area contributed by atoms with E-state index >= 15 is 0 Å². The fourth-order valence-electron chi connectivity index (χ4n) is 3.88. The van der Waals surface area contributed by atoms with E-state index in [9.17, 15) is 9.59 Å². The average Bonchev–Trinajstić information content (AvgIpc) is 3.27. The number of thiophene rings is 1. The predicted molar refractivity (Wildman–Crippen MR) is 138 cm³/mol. The van der Waals surface area contributed by atoms with Crippen molar-refractivity contribution in [1.29, 1.82) is 0 Å². The van der Waals surface area contributed by atoms with Gasteiger partial charge >= 0.3 is 0 Å². The first-order chi connectivity index (χ1) is 16.2. The van der Waals surface area contributed by atoms with Crippen LogP contribution in [0.1, 0.15) is 28.8 Å². The SMILES string of the molecule is CCc1sc2nc(SCC(=O)Nc3c(C)nn(C)c3C)n(-c3cccc(OC)c3)c(=O)c2c1C. The zero-order valence-corrected chi connectivity index (χ0v) is 21.7. The third-order valence-electron chi connectivity index (χ3n) is 5.77. The largest absolute Gasteiger partial charge is 0.497 e. The number of nitrogens with one attached hydrogen (secondary N) is 1. The number of methoxy groups -OCH3 is 1. The number of hydrogen-bond donors (Lipinski definition) is 1. The third-order valence-corrected chi connectivity index (χ3v) is 8.04. The summed E-state index contributed by atoms with van der Waals surface area (Å²) in [5, 5.41) is 8.38. The summed E-state index contributed by atoms with van der Waals surface area (Å²) in [4.78, 5) is 33.1. The summed E-state index contributed by atoms with van der Waals surface area (Å²) >= 11 is 2.76. The molecule has 178 valence electrons. The third kappa shape index (κ3) is 4.35. The van der Waals surface area contributed by atoms with Gasteiger partial charge in [-0.2, -0.15) is 5.10 Å². The molecule has 3 heterocycles. The topological polar surface area (TPSA) is 91.0 Å². The van der Waals surface area contributed by atoms with E-state index < -0.39 is 0 Å². The van der Waals surface area contributed by atoms with Crippen LogP contribution in [0.25, 0.3) is 15.9 Å². The molecule has 8 nitrogen and oxygen atoms in total. The van der Waals surface area contributed by atoms with Crippen LogP contribution in [0.4, 0.5) is 5.69 Å². The average molecular weight is 498 g/mol. The quantitative estimate of drug-likeness (QED) is 0.300. The standard InChI is InChI=1S/C24H27N5O3S2/c1-7-18-13(2)20-22(34-18)26-24(29(23(20)31)16-9-8-10-17(11-16)32-6)33-12-19(30)25-21-14(3)27-28(5)15(21)4/h8-11H,7,12H2,1-6H3,(H,25,30). The molecular weight excluding hydrogens is 470 g/mol. The molecular formula is C24H27N5O3S2. The molecule has 1 N–H and O–H groups in total. The van der Waals surface area contributed by atoms with Crippen LogP contribution < -0.4 is 15.6 Å². The van der Waals surface area contributed by atoms with Crippen molar-refractivity contribution in [3.8, 4) is 11.4 Å². The minimum atomic E-state index is -0.188. The number of rotatable bonds is 7. The summed E-state index contributed by atoms with van der Waals surface area (Å²) in [6.07, 6.45) is 0.833. The van der Waals surface area contributed by atoms with E-state index in [0.29, 0.717) is 32.5 Å². The van der Waals surface area contributed by atoms with Gasteiger partial charge in [0.15, 0.2) is 5.16 Å². The Morgan fingerprint density at radius 3 is 2.68 bits per heavy atom. The van der Waals surface area contributed by atoms with E-state index in [1.807, 2.05) is 46.0 Å². The molecule has 3 aromatic heterocycles. The monoisotopic (exact) mass is 497 g/mol. The summed E-state index contributed by atoms with van der Waals surface area (Å²) in [5.41, 5.74) is 3.81. The molecule has 4 rings (SSSR count). The first-order valence-electron chi connectivity index (χ1n) is 10.9. The van der Waals surface area contributed by atoms with Gasteiger partial charge in [-0.25, -0.2) is 4.98 Å². The van der Waals surface area contributed by atoms with Crippen molar-refractivity contribution in [3.05, 3.63) is 56.4 Å². The van der Waals surface area contributed by atoms with E-state index in [4.69, 9.17) is 9.72 Å². The molecule has 0 saturated heterocycles. The number of nitrogens with zero attached hydrogens (tertiary/aromatic N) is 4. The Hall–Kier alpha value is -3.11. The molecule has 0 aliphatic rings. The van der Waals surface area contributed by atoms with Gasteiger partial charge < -0.3 is 10.1 Å². The van der Waals surface area contributed by atoms with Crippen molar-refractivity contribution in [2.45, 2.75) is 39.3 Å². The number of aryl methyl sites for hydroxylation is 4. The van der Waals surface area contributed by atoms with Gasteiger partial charge in [0.05, 0.1) is 41.0 Å². The molecule has 0 fully saturated rings. The van der Waals surface area contributed by atoms with E-state index in [-0.39, 0.29) is 17.2 Å². The van der Waals surface area contributed by atoms with Crippen molar-refractivity contribution >= 4 is 44.9 Å². The van der Waals surface area contributed by atoms with E-state index in [0.717, 1.165) is 28.2 Å². The van der Waals surface area contributed by atoms with Gasteiger partial charge in [0.25, 0.3) is 5.56 Å². The lowest BCUT2D eigenvalue weighted by Gasteiger charge is -2.13. The fourth-order valence-corrected chi connectivity index (χ4v) is 5.85. The molecule has 0 bridgehead atoms. The molecule has 4 aromatic rings. The molecule has 0 spiro atoms. The molecule has 1 aromatic carbocycles. The van der Waals surface area contributed by atoms with Gasteiger partial charge in [-0.05, 0) is 44.9 Å². The molecule has 0 unspecified atom stereocenters. The number of benzene rings is 1. The second kappa shape index (κ2) is 9.63. The highest BCUT2D eigenvalue weighted by Crippen LogP contribution is 2.31. The molecule has 0 aliphatic heterocycles. The van der Waals surface area contributed by atoms with Gasteiger partial charge in [-0.15, -0.1) is 11.3 Å². The van der Waals surface area contributed by atoms with Crippen molar-refractivity contribution < 1.29 is 9.53 Å². The molecule has 1 amide bonds. The van der Waals surface area contributed by atoms with Crippen LogP contribution >= 0.6 is 23.1 Å². The Balaban J connectivity index is 1.74. The zero-order chi connectivity index (χ0) is 24.6. The molecule has 0 radical (unpaired) electrons. The summed E-state index contributed by atoms with van der Waals surface area (Å²) in [5.74, 6) is 0.546. The Labute approximate surface area is 206 Å². The maximum absolute atomic E-state index is 13.7. The molecule has 0 atom stereocenters. The van der Waals surface area contributed by atoms with E-state index in [2.05, 4.69) is 17.3 Å². The van der Waals surface area contributed by atoms with Crippen LogP contribution in [0.5, 0.6) is 5.75 Å². The number of anilines is 1. The van der Waals surface area contributed by atoms with E-state index in [1.165, 1.54) is 23.1 Å². The Morgan fingerprint density at radius 2 is 2.03 bits per heavy atom. The number of ether oxygens (including phenoxy) is 1. The number of carbonyl (C=O) groups excluding carboxylic acids is 1. The highest BCUT2D eigenvalue weighted by Gasteiger charge is 2.20. The second-order valence-corrected chi connectivity index (χ2v) is 9.95. The van der Waals surface area contributed by atoms with Crippen LogP contribution in [0.15, 0.2) is 34.2 Å². The van der Waals surface area contributed by atoms with Crippen molar-refractivity contribution in [2.24, 2.45) is 7.05 Å². The number of hydrogen-bond acceptors (Lipinski definition) is 7. The van der Waals surface area contributed by atoms with Crippen molar-refractivity contribution in [2.75, 3.05) is 18.2 Å². The molecule has 34 heavy (non-hydrogen) atoms. The number of carbonyl (C=O) groups is 1. The number of thioether (sulfide) groups is 1. The second-order valence-electron chi connectivity index (χ2n) is 7.93. The predicted octanol–water partition coefficient (Wildman–Crippen LogP) is 4.41. The minimum Gasteiger partial charge on any atom is -0.497 e. The summed E-state index contributed by atoms with van der Waals surface area (Å²) in [6.45, 7) is 7.80. The summed E-state index contributed by atoms with van der Waals surface area (Å²) in [7, 11) is 3.43. The lowest BCUT2D eigenvalue weighted by molar-refractivity contribution is -0.113. The van der Waals surface area contributed by atoms with E-state index in [1.54, 1.807) is 22.4 Å². The molecule has 0 aliphatic carbocycles.